The van der Waals surface area contributed by atoms with E-state index in [4.69, 9.17) is 10.5 Å². The van der Waals surface area contributed by atoms with Crippen LogP contribution in [0.4, 0.5) is 5.69 Å². The third-order valence-electron chi connectivity index (χ3n) is 2.67. The fourth-order valence-corrected chi connectivity index (χ4v) is 1.64. The van der Waals surface area contributed by atoms with Crippen molar-refractivity contribution in [2.24, 2.45) is 0 Å². The minimum Gasteiger partial charge on any atom is -0.473 e. The monoisotopic (exact) mass is 260 g/mol. The van der Waals surface area contributed by atoms with Gasteiger partial charge in [0, 0.05) is 13.2 Å². The molecule has 6 nitrogen and oxygen atoms in total. The second-order valence-electron chi connectivity index (χ2n) is 4.10. The van der Waals surface area contributed by atoms with Gasteiger partial charge in [-0.3, -0.25) is 0 Å². The maximum atomic E-state index is 5.98. The van der Waals surface area contributed by atoms with Gasteiger partial charge in [0.05, 0.1) is 18.3 Å². The highest BCUT2D eigenvalue weighted by atomic mass is 16.5. The molecule has 6 heteroatoms. The number of hydrogen-bond donors (Lipinski definition) is 2. The summed E-state index contributed by atoms with van der Waals surface area (Å²) in [6.45, 7) is 4.73. The molecule has 0 aliphatic rings. The van der Waals surface area contributed by atoms with Crippen molar-refractivity contribution in [3.05, 3.63) is 36.8 Å². The van der Waals surface area contributed by atoms with Gasteiger partial charge in [0.15, 0.2) is 6.20 Å². The third-order valence-corrected chi connectivity index (χ3v) is 2.67. The van der Waals surface area contributed by atoms with E-state index in [9.17, 15) is 0 Å². The number of nitrogens with two attached hydrogens (primary N) is 1. The highest BCUT2D eigenvalue weighted by molar-refractivity contribution is 5.74. The second-order valence-corrected chi connectivity index (χ2v) is 4.10. The smallest absolute Gasteiger partial charge is 0.257 e. The Morgan fingerprint density at radius 1 is 1.58 bits per heavy atom. The molecule has 0 saturated carbocycles. The number of nitrogens with zero attached hydrogens (tertiary/aromatic N) is 3. The van der Waals surface area contributed by atoms with Crippen molar-refractivity contribution in [1.82, 2.24) is 14.5 Å². The molecule has 0 atom stereocenters. The molecule has 2 aromatic rings. The van der Waals surface area contributed by atoms with Crippen LogP contribution in [0.15, 0.2) is 36.8 Å². The van der Waals surface area contributed by atoms with Crippen LogP contribution in [-0.4, -0.2) is 41.4 Å². The molecule has 0 radical (unpaired) electrons. The van der Waals surface area contributed by atoms with Gasteiger partial charge >= 0.3 is 0 Å². The minimum absolute atomic E-state index is 0.471. The average Bonchev–Trinajstić information content (AvgIpc) is 2.74. The standard InChI is InChI=1S/C13H17N5O/c1-15-6-8-17(2)9-10-19-13-12(14)11-5-3-4-7-18(11)16-13/h3-8H,1,9-10,14H2,2H3/p+1/b8-6-. The number of likely N-dealkylation sites (N-methyl/N-ethyl adjacent to an activating group) is 1. The van der Waals surface area contributed by atoms with E-state index >= 15 is 0 Å². The summed E-state index contributed by atoms with van der Waals surface area (Å²) in [5, 5.41) is 4.28. The predicted octanol–water partition coefficient (Wildman–Crippen LogP) is -0.520. The predicted molar refractivity (Wildman–Crippen MR) is 75.0 cm³/mol. The summed E-state index contributed by atoms with van der Waals surface area (Å²) in [6.07, 6.45) is 5.47. The van der Waals surface area contributed by atoms with Gasteiger partial charge in [0.2, 0.25) is 0 Å². The molecule has 0 unspecified atom stereocenters. The van der Waals surface area contributed by atoms with Crippen LogP contribution in [0.1, 0.15) is 0 Å². The SMILES string of the molecule is C=[NH+]/C=C\N(C)CCOc1nn2ccccc2c1N. The zero-order chi connectivity index (χ0) is 13.7. The first-order chi connectivity index (χ1) is 9.22. The molecule has 0 amide bonds. The molecule has 0 aliphatic heterocycles. The van der Waals surface area contributed by atoms with Crippen molar-refractivity contribution in [1.29, 1.82) is 0 Å². The van der Waals surface area contributed by atoms with Gasteiger partial charge in [-0.05, 0) is 12.1 Å². The minimum atomic E-state index is 0.471. The van der Waals surface area contributed by atoms with E-state index in [1.807, 2.05) is 42.5 Å². The quantitative estimate of drug-likeness (QED) is 0.686. The number of ether oxygens (including phenoxy) is 1. The lowest BCUT2D eigenvalue weighted by atomic mass is 10.4. The van der Waals surface area contributed by atoms with Crippen LogP contribution in [0, 0.1) is 0 Å². The van der Waals surface area contributed by atoms with Gasteiger partial charge in [-0.2, -0.15) is 0 Å². The van der Waals surface area contributed by atoms with Gasteiger partial charge in [0.1, 0.15) is 19.0 Å². The zero-order valence-corrected chi connectivity index (χ0v) is 10.9. The fourth-order valence-electron chi connectivity index (χ4n) is 1.64. The van der Waals surface area contributed by atoms with Gasteiger partial charge in [-0.25, -0.2) is 9.51 Å². The van der Waals surface area contributed by atoms with Crippen LogP contribution in [0.2, 0.25) is 0 Å². The van der Waals surface area contributed by atoms with Crippen molar-refractivity contribution in [2.45, 2.75) is 0 Å². The molecule has 0 spiro atoms. The molecule has 0 saturated heterocycles. The molecular weight excluding hydrogens is 242 g/mol. The third kappa shape index (κ3) is 3.04. The van der Waals surface area contributed by atoms with E-state index in [2.05, 4.69) is 16.8 Å². The van der Waals surface area contributed by atoms with E-state index in [0.717, 1.165) is 12.1 Å². The van der Waals surface area contributed by atoms with Crippen LogP contribution in [-0.2, 0) is 0 Å². The van der Waals surface area contributed by atoms with Gasteiger partial charge in [0.25, 0.3) is 5.88 Å². The number of nitrogens with one attached hydrogen (secondary N) is 1. The van der Waals surface area contributed by atoms with Crippen LogP contribution >= 0.6 is 0 Å². The Kier molecular flexibility index (Phi) is 4.02. The molecule has 0 aliphatic carbocycles. The number of nitrogen functional groups attached to an aromatic ring is 1. The zero-order valence-electron chi connectivity index (χ0n) is 10.9. The lowest BCUT2D eigenvalue weighted by Crippen LogP contribution is -2.57. The van der Waals surface area contributed by atoms with E-state index in [-0.39, 0.29) is 0 Å². The first-order valence-electron chi connectivity index (χ1n) is 5.97. The van der Waals surface area contributed by atoms with Crippen LogP contribution in [0.3, 0.4) is 0 Å². The molecule has 0 fully saturated rings. The molecule has 100 valence electrons. The largest absolute Gasteiger partial charge is 0.473 e. The highest BCUT2D eigenvalue weighted by Gasteiger charge is 2.09. The Morgan fingerprint density at radius 2 is 2.42 bits per heavy atom. The van der Waals surface area contributed by atoms with Crippen LogP contribution < -0.4 is 15.5 Å². The summed E-state index contributed by atoms with van der Waals surface area (Å²) < 4.78 is 7.31. The summed E-state index contributed by atoms with van der Waals surface area (Å²) in [5.74, 6) is 0.471. The maximum absolute atomic E-state index is 5.98. The Bertz CT molecular complexity index is 590. The summed E-state index contributed by atoms with van der Waals surface area (Å²) in [4.78, 5) is 4.66. The lowest BCUT2D eigenvalue weighted by molar-refractivity contribution is -0.362. The first kappa shape index (κ1) is 12.9. The molecular formula is C13H18N5O+. The first-order valence-corrected chi connectivity index (χ1v) is 5.97. The number of aromatic nitrogens is 2. The fraction of sp³-hybridized carbons (Fsp3) is 0.231. The summed E-state index contributed by atoms with van der Waals surface area (Å²) >= 11 is 0. The molecule has 0 aromatic carbocycles. The van der Waals surface area contributed by atoms with Gasteiger partial charge < -0.3 is 15.4 Å². The van der Waals surface area contributed by atoms with E-state index in [1.165, 1.54) is 0 Å². The molecule has 0 bridgehead atoms. The van der Waals surface area contributed by atoms with Crippen molar-refractivity contribution in [3.63, 3.8) is 0 Å². The summed E-state index contributed by atoms with van der Waals surface area (Å²) in [5.41, 5.74) is 7.40. The maximum Gasteiger partial charge on any atom is 0.257 e. The Hall–Kier alpha value is -2.50. The van der Waals surface area contributed by atoms with Crippen molar-refractivity contribution in [3.8, 4) is 5.88 Å². The molecule has 2 aromatic heterocycles. The van der Waals surface area contributed by atoms with E-state index in [1.54, 1.807) is 10.7 Å². The highest BCUT2D eigenvalue weighted by Crippen LogP contribution is 2.24. The van der Waals surface area contributed by atoms with Crippen LogP contribution in [0.25, 0.3) is 5.52 Å². The number of anilines is 1. The van der Waals surface area contributed by atoms with Gasteiger partial charge in [-0.15, -0.1) is 5.10 Å². The van der Waals surface area contributed by atoms with Gasteiger partial charge in [-0.1, -0.05) is 6.07 Å². The topological polar surface area (TPSA) is 69.8 Å². The van der Waals surface area contributed by atoms with E-state index < -0.39 is 0 Å². The van der Waals surface area contributed by atoms with Crippen molar-refractivity contribution in [2.75, 3.05) is 25.9 Å². The Morgan fingerprint density at radius 3 is 3.16 bits per heavy atom. The molecule has 2 heterocycles. The molecule has 2 rings (SSSR count). The lowest BCUT2D eigenvalue weighted by Gasteiger charge is -2.12. The molecule has 3 N–H and O–H groups in total. The van der Waals surface area contributed by atoms with Crippen LogP contribution in [0.5, 0.6) is 5.88 Å². The van der Waals surface area contributed by atoms with Crippen molar-refractivity contribution < 1.29 is 9.73 Å². The summed E-state index contributed by atoms with van der Waals surface area (Å²) in [7, 11) is 1.95. The Balaban J connectivity index is 1.96. The summed E-state index contributed by atoms with van der Waals surface area (Å²) in [6, 6.07) is 5.72. The Labute approximate surface area is 111 Å². The second kappa shape index (κ2) is 5.90. The number of fused-ring (bicyclic) bond motifs is 1. The normalized spacial score (nSPS) is 11.0. The number of hydrogen-bond acceptors (Lipinski definition) is 4. The average molecular weight is 260 g/mol. The number of pyridine rings is 1. The van der Waals surface area contributed by atoms with E-state index in [0.29, 0.717) is 18.2 Å². The van der Waals surface area contributed by atoms with Crippen molar-refractivity contribution >= 4 is 17.9 Å². The number of rotatable bonds is 6. The molecule has 19 heavy (non-hydrogen) atoms.